The highest BCUT2D eigenvalue weighted by Crippen LogP contribution is 2.15. The van der Waals surface area contributed by atoms with Gasteiger partial charge in [-0.05, 0) is 55.5 Å². The van der Waals surface area contributed by atoms with E-state index in [1.54, 1.807) is 36.4 Å². The lowest BCUT2D eigenvalue weighted by atomic mass is 10.1. The molecule has 1 aromatic heterocycles. The molecule has 3 rings (SSSR count). The molecule has 0 atom stereocenters. The number of aryl methyl sites for hydroxylation is 1. The average molecular weight is 322 g/mol. The Kier molecular flexibility index (Phi) is 4.47. The van der Waals surface area contributed by atoms with E-state index in [9.17, 15) is 9.18 Å². The lowest BCUT2D eigenvalue weighted by Gasteiger charge is -2.07. The molecule has 5 nitrogen and oxygen atoms in total. The van der Waals surface area contributed by atoms with Crippen LogP contribution in [0.2, 0.25) is 0 Å². The minimum atomic E-state index is -0.305. The lowest BCUT2D eigenvalue weighted by molar-refractivity contribution is 0.102. The first-order valence-corrected chi connectivity index (χ1v) is 7.34. The molecule has 0 saturated carbocycles. The van der Waals surface area contributed by atoms with Gasteiger partial charge in [-0.3, -0.25) is 4.79 Å². The smallest absolute Gasteiger partial charge is 0.256 e. The van der Waals surface area contributed by atoms with Gasteiger partial charge in [0.1, 0.15) is 5.82 Å². The number of aromatic nitrogens is 2. The standard InChI is InChI=1S/C18H15FN4O/c1-12-3-2-4-13(11-12)18(24)21-17-10-9-16(22-23-17)20-15-7-5-14(19)6-8-15/h2-11H,1H3,(H,20,22)(H,21,23,24). The van der Waals surface area contributed by atoms with Gasteiger partial charge in [0, 0.05) is 11.3 Å². The van der Waals surface area contributed by atoms with E-state index >= 15 is 0 Å². The maximum absolute atomic E-state index is 12.9. The van der Waals surface area contributed by atoms with Gasteiger partial charge in [-0.2, -0.15) is 0 Å². The Morgan fingerprint density at radius 3 is 2.33 bits per heavy atom. The number of halogens is 1. The normalized spacial score (nSPS) is 10.2. The van der Waals surface area contributed by atoms with Gasteiger partial charge in [0.2, 0.25) is 0 Å². The average Bonchev–Trinajstić information content (AvgIpc) is 2.59. The van der Waals surface area contributed by atoms with Gasteiger partial charge in [-0.15, -0.1) is 10.2 Å². The maximum atomic E-state index is 12.9. The number of anilines is 3. The summed E-state index contributed by atoms with van der Waals surface area (Å²) in [5.74, 6) is 0.300. The molecule has 120 valence electrons. The van der Waals surface area contributed by atoms with Crippen molar-refractivity contribution in [3.63, 3.8) is 0 Å². The Bertz CT molecular complexity index is 848. The molecule has 0 aliphatic heterocycles. The minimum Gasteiger partial charge on any atom is -0.339 e. The monoisotopic (exact) mass is 322 g/mol. The largest absolute Gasteiger partial charge is 0.339 e. The molecule has 6 heteroatoms. The van der Waals surface area contributed by atoms with E-state index in [1.165, 1.54) is 12.1 Å². The molecule has 0 aliphatic rings. The fourth-order valence-corrected chi connectivity index (χ4v) is 2.12. The maximum Gasteiger partial charge on any atom is 0.256 e. The Morgan fingerprint density at radius 1 is 0.958 bits per heavy atom. The van der Waals surface area contributed by atoms with E-state index in [2.05, 4.69) is 20.8 Å². The van der Waals surface area contributed by atoms with Crippen molar-refractivity contribution in [1.82, 2.24) is 10.2 Å². The van der Waals surface area contributed by atoms with Gasteiger partial charge < -0.3 is 10.6 Å². The fraction of sp³-hybridized carbons (Fsp3) is 0.0556. The fourth-order valence-electron chi connectivity index (χ4n) is 2.12. The summed E-state index contributed by atoms with van der Waals surface area (Å²) in [5.41, 5.74) is 2.26. The summed E-state index contributed by atoms with van der Waals surface area (Å²) in [6.45, 7) is 1.92. The molecule has 3 aromatic rings. The van der Waals surface area contributed by atoms with Crippen LogP contribution < -0.4 is 10.6 Å². The van der Waals surface area contributed by atoms with E-state index in [4.69, 9.17) is 0 Å². The third-order valence-corrected chi connectivity index (χ3v) is 3.30. The van der Waals surface area contributed by atoms with Gasteiger partial charge in [0.15, 0.2) is 11.6 Å². The van der Waals surface area contributed by atoms with Crippen molar-refractivity contribution in [2.45, 2.75) is 6.92 Å². The third kappa shape index (κ3) is 3.92. The number of nitrogens with one attached hydrogen (secondary N) is 2. The molecule has 0 spiro atoms. The highest BCUT2D eigenvalue weighted by atomic mass is 19.1. The summed E-state index contributed by atoms with van der Waals surface area (Å²) in [6, 6.07) is 16.5. The van der Waals surface area contributed by atoms with Crippen molar-refractivity contribution < 1.29 is 9.18 Å². The van der Waals surface area contributed by atoms with Gasteiger partial charge in [0.05, 0.1) is 0 Å². The van der Waals surface area contributed by atoms with Crippen LogP contribution in [-0.2, 0) is 0 Å². The Hall–Kier alpha value is -3.28. The molecule has 0 bridgehead atoms. The summed E-state index contributed by atoms with van der Waals surface area (Å²) in [4.78, 5) is 12.1. The SMILES string of the molecule is Cc1cccc(C(=O)Nc2ccc(Nc3ccc(F)cc3)nn2)c1. The van der Waals surface area contributed by atoms with E-state index in [-0.39, 0.29) is 11.7 Å². The number of carbonyl (C=O) groups excluding carboxylic acids is 1. The zero-order valence-electron chi connectivity index (χ0n) is 13.0. The molecule has 2 aromatic carbocycles. The Labute approximate surface area is 138 Å². The van der Waals surface area contributed by atoms with Crippen LogP contribution in [0.5, 0.6) is 0 Å². The predicted octanol–water partition coefficient (Wildman–Crippen LogP) is 3.92. The van der Waals surface area contributed by atoms with Crippen LogP contribution in [0, 0.1) is 12.7 Å². The van der Waals surface area contributed by atoms with Gasteiger partial charge >= 0.3 is 0 Å². The second kappa shape index (κ2) is 6.87. The van der Waals surface area contributed by atoms with Crippen LogP contribution >= 0.6 is 0 Å². The van der Waals surface area contributed by atoms with Crippen LogP contribution in [0.3, 0.4) is 0 Å². The molecule has 1 heterocycles. The van der Waals surface area contributed by atoms with E-state index in [1.807, 2.05) is 19.1 Å². The first-order valence-electron chi connectivity index (χ1n) is 7.34. The molecule has 0 radical (unpaired) electrons. The molecular weight excluding hydrogens is 307 g/mol. The van der Waals surface area contributed by atoms with E-state index < -0.39 is 0 Å². The van der Waals surface area contributed by atoms with Crippen LogP contribution in [0.15, 0.2) is 60.7 Å². The third-order valence-electron chi connectivity index (χ3n) is 3.30. The molecule has 1 amide bonds. The topological polar surface area (TPSA) is 66.9 Å². The van der Waals surface area contributed by atoms with Gasteiger partial charge in [-0.1, -0.05) is 17.7 Å². The molecule has 2 N–H and O–H groups in total. The zero-order chi connectivity index (χ0) is 16.9. The summed E-state index contributed by atoms with van der Waals surface area (Å²) < 4.78 is 12.9. The summed E-state index contributed by atoms with van der Waals surface area (Å²) in [5, 5.41) is 13.6. The quantitative estimate of drug-likeness (QED) is 0.764. The molecule has 0 saturated heterocycles. The van der Waals surface area contributed by atoms with Crippen LogP contribution in [-0.4, -0.2) is 16.1 Å². The van der Waals surface area contributed by atoms with E-state index in [0.717, 1.165) is 5.56 Å². The van der Waals surface area contributed by atoms with Gasteiger partial charge in [-0.25, -0.2) is 4.39 Å². The van der Waals surface area contributed by atoms with Crippen molar-refractivity contribution in [2.75, 3.05) is 10.6 Å². The van der Waals surface area contributed by atoms with Crippen LogP contribution in [0.1, 0.15) is 15.9 Å². The number of rotatable bonds is 4. The predicted molar refractivity (Wildman–Crippen MR) is 90.8 cm³/mol. The Morgan fingerprint density at radius 2 is 1.67 bits per heavy atom. The van der Waals surface area contributed by atoms with Crippen molar-refractivity contribution >= 4 is 23.2 Å². The molecule has 0 fully saturated rings. The van der Waals surface area contributed by atoms with Crippen molar-refractivity contribution in [3.8, 4) is 0 Å². The van der Waals surface area contributed by atoms with Crippen molar-refractivity contribution in [3.05, 3.63) is 77.6 Å². The highest BCUT2D eigenvalue weighted by molar-refractivity contribution is 6.03. The van der Waals surface area contributed by atoms with Crippen molar-refractivity contribution in [1.29, 1.82) is 0 Å². The molecule has 0 aliphatic carbocycles. The number of carbonyl (C=O) groups is 1. The summed E-state index contributed by atoms with van der Waals surface area (Å²) >= 11 is 0. The van der Waals surface area contributed by atoms with Gasteiger partial charge in [0.25, 0.3) is 5.91 Å². The first kappa shape index (κ1) is 15.6. The number of hydrogen-bond acceptors (Lipinski definition) is 4. The highest BCUT2D eigenvalue weighted by Gasteiger charge is 2.07. The number of amides is 1. The van der Waals surface area contributed by atoms with Crippen molar-refractivity contribution in [2.24, 2.45) is 0 Å². The van der Waals surface area contributed by atoms with Crippen LogP contribution in [0.4, 0.5) is 21.7 Å². The number of benzene rings is 2. The molecule has 0 unspecified atom stereocenters. The summed E-state index contributed by atoms with van der Waals surface area (Å²) in [7, 11) is 0. The zero-order valence-corrected chi connectivity index (χ0v) is 13.0. The first-order chi connectivity index (χ1) is 11.6. The summed E-state index contributed by atoms with van der Waals surface area (Å²) in [6.07, 6.45) is 0. The minimum absolute atomic E-state index is 0.243. The number of hydrogen-bond donors (Lipinski definition) is 2. The Balaban J connectivity index is 1.66. The van der Waals surface area contributed by atoms with Crippen LogP contribution in [0.25, 0.3) is 0 Å². The molecular formula is C18H15FN4O. The second-order valence-electron chi connectivity index (χ2n) is 5.26. The number of nitrogens with zero attached hydrogens (tertiary/aromatic N) is 2. The lowest BCUT2D eigenvalue weighted by Crippen LogP contribution is -2.13. The second-order valence-corrected chi connectivity index (χ2v) is 5.26. The van der Waals surface area contributed by atoms with E-state index in [0.29, 0.717) is 22.9 Å². The molecule has 24 heavy (non-hydrogen) atoms.